The minimum Gasteiger partial charge on any atom is -0.271 e. The molecule has 0 saturated heterocycles. The van der Waals surface area contributed by atoms with Gasteiger partial charge in [-0.2, -0.15) is 0 Å². The molecule has 1 heterocycles. The second-order valence-corrected chi connectivity index (χ2v) is 4.30. The second kappa shape index (κ2) is 5.71. The number of hydrogen-bond donors (Lipinski definition) is 2. The first-order chi connectivity index (χ1) is 8.70. The molecule has 1 aromatic heterocycles. The molecule has 4 heteroatoms. The van der Waals surface area contributed by atoms with Crippen molar-refractivity contribution in [1.82, 2.24) is 10.4 Å². The van der Waals surface area contributed by atoms with Crippen molar-refractivity contribution >= 4 is 0 Å². The second-order valence-electron chi connectivity index (χ2n) is 4.30. The van der Waals surface area contributed by atoms with Crippen molar-refractivity contribution in [3.63, 3.8) is 0 Å². The van der Waals surface area contributed by atoms with Crippen LogP contribution < -0.4 is 11.3 Å². The lowest BCUT2D eigenvalue weighted by Gasteiger charge is -2.17. The Morgan fingerprint density at radius 3 is 2.67 bits per heavy atom. The Kier molecular flexibility index (Phi) is 4.02. The van der Waals surface area contributed by atoms with Crippen LogP contribution in [0.5, 0.6) is 0 Å². The standard InChI is InChI=1S/C14H16FN3/c1-10-2-3-13(15)12(8-10)14(18-16)9-11-4-6-17-7-5-11/h2-8,14,18H,9,16H2,1H3. The van der Waals surface area contributed by atoms with Gasteiger partial charge in [-0.1, -0.05) is 17.7 Å². The van der Waals surface area contributed by atoms with Crippen LogP contribution >= 0.6 is 0 Å². The van der Waals surface area contributed by atoms with E-state index in [1.165, 1.54) is 6.07 Å². The van der Waals surface area contributed by atoms with E-state index in [4.69, 9.17) is 5.84 Å². The summed E-state index contributed by atoms with van der Waals surface area (Å²) in [4.78, 5) is 3.96. The highest BCUT2D eigenvalue weighted by Gasteiger charge is 2.15. The zero-order chi connectivity index (χ0) is 13.0. The zero-order valence-corrected chi connectivity index (χ0v) is 10.2. The van der Waals surface area contributed by atoms with Gasteiger partial charge in [-0.25, -0.2) is 4.39 Å². The fourth-order valence-electron chi connectivity index (χ4n) is 1.94. The summed E-state index contributed by atoms with van der Waals surface area (Å²) in [6.45, 7) is 1.93. The Balaban J connectivity index is 2.26. The summed E-state index contributed by atoms with van der Waals surface area (Å²) in [5.41, 5.74) is 5.35. The zero-order valence-electron chi connectivity index (χ0n) is 10.2. The number of hydrogen-bond acceptors (Lipinski definition) is 3. The molecule has 3 nitrogen and oxygen atoms in total. The van der Waals surface area contributed by atoms with E-state index in [2.05, 4.69) is 10.4 Å². The van der Waals surface area contributed by atoms with Crippen molar-refractivity contribution < 1.29 is 4.39 Å². The summed E-state index contributed by atoms with van der Waals surface area (Å²) >= 11 is 0. The number of aryl methyl sites for hydroxylation is 1. The van der Waals surface area contributed by atoms with E-state index in [0.29, 0.717) is 12.0 Å². The summed E-state index contributed by atoms with van der Waals surface area (Å²) in [7, 11) is 0. The molecule has 94 valence electrons. The van der Waals surface area contributed by atoms with E-state index in [9.17, 15) is 4.39 Å². The van der Waals surface area contributed by atoms with Gasteiger partial charge >= 0.3 is 0 Å². The molecule has 0 bridgehead atoms. The van der Waals surface area contributed by atoms with Crippen molar-refractivity contribution in [2.45, 2.75) is 19.4 Å². The van der Waals surface area contributed by atoms with E-state index >= 15 is 0 Å². The van der Waals surface area contributed by atoms with Crippen LogP contribution in [0.1, 0.15) is 22.7 Å². The van der Waals surface area contributed by atoms with E-state index in [1.807, 2.05) is 25.1 Å². The van der Waals surface area contributed by atoms with E-state index < -0.39 is 0 Å². The van der Waals surface area contributed by atoms with Crippen molar-refractivity contribution in [3.05, 3.63) is 65.2 Å². The molecule has 1 atom stereocenters. The predicted molar refractivity (Wildman–Crippen MR) is 69.1 cm³/mol. The number of pyridine rings is 1. The lowest BCUT2D eigenvalue weighted by Crippen LogP contribution is -2.30. The molecule has 0 aliphatic carbocycles. The summed E-state index contributed by atoms with van der Waals surface area (Å²) in [6.07, 6.45) is 4.06. The molecular formula is C14H16FN3. The third kappa shape index (κ3) is 2.91. The van der Waals surface area contributed by atoms with Crippen LogP contribution in [0.25, 0.3) is 0 Å². The Morgan fingerprint density at radius 1 is 1.28 bits per heavy atom. The molecule has 0 spiro atoms. The van der Waals surface area contributed by atoms with Crippen LogP contribution in [-0.2, 0) is 6.42 Å². The van der Waals surface area contributed by atoms with Crippen molar-refractivity contribution in [3.8, 4) is 0 Å². The lowest BCUT2D eigenvalue weighted by atomic mass is 9.98. The summed E-state index contributed by atoms with van der Waals surface area (Å²) in [6, 6.07) is 8.60. The highest BCUT2D eigenvalue weighted by atomic mass is 19.1. The quantitative estimate of drug-likeness (QED) is 0.642. The Bertz CT molecular complexity index is 514. The monoisotopic (exact) mass is 245 g/mol. The number of nitrogens with zero attached hydrogens (tertiary/aromatic N) is 1. The number of nitrogens with two attached hydrogens (primary N) is 1. The summed E-state index contributed by atoms with van der Waals surface area (Å²) < 4.78 is 13.8. The summed E-state index contributed by atoms with van der Waals surface area (Å²) in [5.74, 6) is 5.30. The van der Waals surface area contributed by atoms with Crippen LogP contribution in [0.15, 0.2) is 42.7 Å². The topological polar surface area (TPSA) is 50.9 Å². The normalized spacial score (nSPS) is 12.4. The number of nitrogens with one attached hydrogen (secondary N) is 1. The van der Waals surface area contributed by atoms with Gasteiger partial charge in [0.2, 0.25) is 0 Å². The molecule has 0 aliphatic rings. The molecule has 0 aliphatic heterocycles. The minimum absolute atomic E-state index is 0.238. The number of halogens is 1. The highest BCUT2D eigenvalue weighted by molar-refractivity contribution is 5.28. The maximum absolute atomic E-state index is 13.8. The molecular weight excluding hydrogens is 229 g/mol. The van der Waals surface area contributed by atoms with Gasteiger partial charge in [0.25, 0.3) is 0 Å². The first kappa shape index (κ1) is 12.7. The van der Waals surface area contributed by atoms with Crippen LogP contribution in [-0.4, -0.2) is 4.98 Å². The first-order valence-corrected chi connectivity index (χ1v) is 5.82. The maximum atomic E-state index is 13.8. The largest absolute Gasteiger partial charge is 0.271 e. The van der Waals surface area contributed by atoms with Crippen LogP contribution in [0, 0.1) is 12.7 Å². The molecule has 2 aromatic rings. The molecule has 0 amide bonds. The number of hydrazine groups is 1. The van der Waals surface area contributed by atoms with E-state index in [1.54, 1.807) is 18.5 Å². The molecule has 3 N–H and O–H groups in total. The van der Waals surface area contributed by atoms with Gasteiger partial charge in [-0.3, -0.25) is 16.3 Å². The van der Waals surface area contributed by atoms with Gasteiger partial charge < -0.3 is 0 Å². The predicted octanol–water partition coefficient (Wildman–Crippen LogP) is 2.28. The van der Waals surface area contributed by atoms with Crippen molar-refractivity contribution in [2.24, 2.45) is 5.84 Å². The molecule has 1 unspecified atom stereocenters. The van der Waals surface area contributed by atoms with Crippen molar-refractivity contribution in [1.29, 1.82) is 0 Å². The molecule has 0 saturated carbocycles. The number of benzene rings is 1. The van der Waals surface area contributed by atoms with Gasteiger partial charge in [0.15, 0.2) is 0 Å². The molecule has 18 heavy (non-hydrogen) atoms. The third-order valence-electron chi connectivity index (χ3n) is 2.92. The Hall–Kier alpha value is -1.78. The lowest BCUT2D eigenvalue weighted by molar-refractivity contribution is 0.510. The van der Waals surface area contributed by atoms with Crippen LogP contribution in [0.3, 0.4) is 0 Å². The minimum atomic E-state index is -0.243. The van der Waals surface area contributed by atoms with Crippen molar-refractivity contribution in [2.75, 3.05) is 0 Å². The van der Waals surface area contributed by atoms with E-state index in [0.717, 1.165) is 11.1 Å². The molecule has 0 radical (unpaired) electrons. The van der Waals surface area contributed by atoms with Gasteiger partial charge in [-0.15, -0.1) is 0 Å². The Labute approximate surface area is 106 Å². The number of aromatic nitrogens is 1. The van der Waals surface area contributed by atoms with Crippen LogP contribution in [0.2, 0.25) is 0 Å². The van der Waals surface area contributed by atoms with Crippen LogP contribution in [0.4, 0.5) is 4.39 Å². The van der Waals surface area contributed by atoms with Gasteiger partial charge in [0, 0.05) is 18.0 Å². The SMILES string of the molecule is Cc1ccc(F)c(C(Cc2ccncc2)NN)c1. The Morgan fingerprint density at radius 2 is 2.00 bits per heavy atom. The average Bonchev–Trinajstić information content (AvgIpc) is 2.40. The fourth-order valence-corrected chi connectivity index (χ4v) is 1.94. The van der Waals surface area contributed by atoms with Gasteiger partial charge in [-0.05, 0) is 37.1 Å². The first-order valence-electron chi connectivity index (χ1n) is 5.82. The fraction of sp³-hybridized carbons (Fsp3) is 0.214. The molecule has 1 aromatic carbocycles. The highest BCUT2D eigenvalue weighted by Crippen LogP contribution is 2.21. The smallest absolute Gasteiger partial charge is 0.128 e. The number of rotatable bonds is 4. The summed E-state index contributed by atoms with van der Waals surface area (Å²) in [5, 5.41) is 0. The average molecular weight is 245 g/mol. The van der Waals surface area contributed by atoms with E-state index in [-0.39, 0.29) is 11.9 Å². The third-order valence-corrected chi connectivity index (χ3v) is 2.92. The molecule has 2 rings (SSSR count). The van der Waals surface area contributed by atoms with Gasteiger partial charge in [0.1, 0.15) is 5.82 Å². The maximum Gasteiger partial charge on any atom is 0.128 e. The molecule has 0 fully saturated rings. The van der Waals surface area contributed by atoms with Gasteiger partial charge in [0.05, 0.1) is 6.04 Å².